The quantitative estimate of drug-likeness (QED) is 0.457. The van der Waals surface area contributed by atoms with Crippen LogP contribution < -0.4 is 10.2 Å². The molecule has 1 atom stereocenters. The van der Waals surface area contributed by atoms with Crippen LogP contribution in [-0.4, -0.2) is 45.7 Å². The molecule has 2 amide bonds. The van der Waals surface area contributed by atoms with Crippen LogP contribution in [0.1, 0.15) is 45.5 Å². The number of carbonyl (C=O) groups excluding carboxylic acids is 3. The van der Waals surface area contributed by atoms with Crippen LogP contribution in [-0.2, 0) is 11.2 Å². The van der Waals surface area contributed by atoms with Crippen LogP contribution >= 0.6 is 11.3 Å². The molecule has 0 saturated heterocycles. The molecule has 3 rings (SSSR count). The van der Waals surface area contributed by atoms with Crippen molar-refractivity contribution in [2.45, 2.75) is 26.2 Å². The zero-order valence-electron chi connectivity index (χ0n) is 15.3. The molecular weight excluding hydrogens is 384 g/mol. The van der Waals surface area contributed by atoms with Gasteiger partial charge >= 0.3 is 6.09 Å². The number of rotatable bonds is 4. The largest absolute Gasteiger partial charge is 0.465 e. The molecule has 28 heavy (non-hydrogen) atoms. The van der Waals surface area contributed by atoms with Gasteiger partial charge in [-0.2, -0.15) is 0 Å². The number of hydrogen-bond donors (Lipinski definition) is 2. The first-order valence-electron chi connectivity index (χ1n) is 8.56. The zero-order valence-corrected chi connectivity index (χ0v) is 16.1. The maximum atomic E-state index is 12.9. The molecule has 2 aromatic heterocycles. The van der Waals surface area contributed by atoms with E-state index in [0.29, 0.717) is 35.0 Å². The lowest BCUT2D eigenvalue weighted by molar-refractivity contribution is -0.114. The standard InChI is InChI=1S/C18H18N4O5S/c1-9(23)20-17-21-12-5-3-4-11(15(25)16(12)28-17)14(24)10-6-7-13(19-8-10)22(2)18(26)27/h6-8,11H,3-5H2,1-2H3,(H,26,27)(H,20,21,23). The highest BCUT2D eigenvalue weighted by Gasteiger charge is 2.34. The number of hydrogen-bond acceptors (Lipinski definition) is 7. The Morgan fingerprint density at radius 1 is 1.32 bits per heavy atom. The highest BCUT2D eigenvalue weighted by atomic mass is 32.1. The van der Waals surface area contributed by atoms with Crippen molar-refractivity contribution in [1.82, 2.24) is 9.97 Å². The summed E-state index contributed by atoms with van der Waals surface area (Å²) in [6.45, 7) is 1.36. The molecule has 0 fully saturated rings. The van der Waals surface area contributed by atoms with E-state index in [-0.39, 0.29) is 28.9 Å². The Hall–Kier alpha value is -3.14. The lowest BCUT2D eigenvalue weighted by Gasteiger charge is -2.14. The summed E-state index contributed by atoms with van der Waals surface area (Å²) in [6, 6.07) is 2.90. The molecule has 0 bridgehead atoms. The number of carboxylic acid groups (broad SMARTS) is 1. The highest BCUT2D eigenvalue weighted by molar-refractivity contribution is 7.17. The van der Waals surface area contributed by atoms with Gasteiger partial charge in [-0.25, -0.2) is 14.8 Å². The number of nitrogens with zero attached hydrogens (tertiary/aromatic N) is 3. The lowest BCUT2D eigenvalue weighted by Crippen LogP contribution is -2.26. The number of pyridine rings is 1. The molecule has 0 saturated carbocycles. The maximum Gasteiger partial charge on any atom is 0.412 e. The number of aryl methyl sites for hydroxylation is 1. The van der Waals surface area contributed by atoms with Gasteiger partial charge in [0.25, 0.3) is 0 Å². The van der Waals surface area contributed by atoms with Crippen LogP contribution in [0.2, 0.25) is 0 Å². The number of anilines is 2. The van der Waals surface area contributed by atoms with Crippen LogP contribution in [0.4, 0.5) is 15.7 Å². The van der Waals surface area contributed by atoms with E-state index < -0.39 is 12.0 Å². The second-order valence-corrected chi connectivity index (χ2v) is 7.40. The summed E-state index contributed by atoms with van der Waals surface area (Å²) in [4.78, 5) is 57.7. The Kier molecular flexibility index (Phi) is 5.50. The topological polar surface area (TPSA) is 130 Å². The molecule has 9 nitrogen and oxygen atoms in total. The van der Waals surface area contributed by atoms with Gasteiger partial charge in [0.2, 0.25) is 5.91 Å². The maximum absolute atomic E-state index is 12.9. The van der Waals surface area contributed by atoms with Gasteiger partial charge in [0.15, 0.2) is 16.7 Å². The first kappa shape index (κ1) is 19.6. The second kappa shape index (κ2) is 7.85. The van der Waals surface area contributed by atoms with Crippen molar-refractivity contribution in [3.63, 3.8) is 0 Å². The van der Waals surface area contributed by atoms with Crippen LogP contribution in [0.5, 0.6) is 0 Å². The fourth-order valence-corrected chi connectivity index (χ4v) is 4.01. The first-order valence-corrected chi connectivity index (χ1v) is 9.38. The predicted molar refractivity (Wildman–Crippen MR) is 102 cm³/mol. The summed E-state index contributed by atoms with van der Waals surface area (Å²) >= 11 is 1.08. The summed E-state index contributed by atoms with van der Waals surface area (Å²) in [6.07, 6.45) is 1.68. The number of fused-ring (bicyclic) bond motifs is 1. The van der Waals surface area contributed by atoms with Gasteiger partial charge in [-0.3, -0.25) is 19.3 Å². The van der Waals surface area contributed by atoms with Gasteiger partial charge in [-0.15, -0.1) is 0 Å². The number of Topliss-reactive ketones (excluding diaryl/α,β-unsaturated/α-hetero) is 2. The van der Waals surface area contributed by atoms with E-state index in [4.69, 9.17) is 5.11 Å². The number of amides is 2. The molecular formula is C18H18N4O5S. The van der Waals surface area contributed by atoms with E-state index in [0.717, 1.165) is 16.2 Å². The smallest absolute Gasteiger partial charge is 0.412 e. The summed E-state index contributed by atoms with van der Waals surface area (Å²) in [5, 5.41) is 11.9. The SMILES string of the molecule is CC(=O)Nc1nc2c(s1)C(=O)C(C(=O)c1ccc(N(C)C(=O)O)nc1)CCC2. The van der Waals surface area contributed by atoms with Crippen LogP contribution in [0.25, 0.3) is 0 Å². The van der Waals surface area contributed by atoms with Gasteiger partial charge in [0.05, 0.1) is 16.5 Å². The molecule has 1 aliphatic carbocycles. The molecule has 146 valence electrons. The van der Waals surface area contributed by atoms with Crippen molar-refractivity contribution in [3.8, 4) is 0 Å². The molecule has 2 aromatic rings. The average Bonchev–Trinajstić information content (AvgIpc) is 2.98. The van der Waals surface area contributed by atoms with E-state index in [2.05, 4.69) is 15.3 Å². The Labute approximate surface area is 164 Å². The number of aromatic nitrogens is 2. The van der Waals surface area contributed by atoms with Gasteiger partial charge in [0.1, 0.15) is 5.82 Å². The van der Waals surface area contributed by atoms with Crippen molar-refractivity contribution in [2.75, 3.05) is 17.3 Å². The normalized spacial score (nSPS) is 16.1. The zero-order chi connectivity index (χ0) is 20.4. The predicted octanol–water partition coefficient (Wildman–Crippen LogP) is 2.63. The van der Waals surface area contributed by atoms with Crippen molar-refractivity contribution >= 4 is 45.9 Å². The van der Waals surface area contributed by atoms with E-state index >= 15 is 0 Å². The molecule has 1 aliphatic rings. The van der Waals surface area contributed by atoms with Crippen molar-refractivity contribution < 1.29 is 24.3 Å². The van der Waals surface area contributed by atoms with Gasteiger partial charge in [0, 0.05) is 25.7 Å². The van der Waals surface area contributed by atoms with Crippen molar-refractivity contribution in [2.24, 2.45) is 5.92 Å². The summed E-state index contributed by atoms with van der Waals surface area (Å²) in [5.74, 6) is -1.61. The van der Waals surface area contributed by atoms with Crippen molar-refractivity contribution in [1.29, 1.82) is 0 Å². The lowest BCUT2D eigenvalue weighted by atomic mass is 9.91. The third kappa shape index (κ3) is 3.91. The highest BCUT2D eigenvalue weighted by Crippen LogP contribution is 2.33. The average molecular weight is 402 g/mol. The Balaban J connectivity index is 1.83. The molecule has 0 radical (unpaired) electrons. The summed E-state index contributed by atoms with van der Waals surface area (Å²) in [5.41, 5.74) is 0.849. The number of nitrogens with one attached hydrogen (secondary N) is 1. The molecule has 0 aromatic carbocycles. The fourth-order valence-electron chi connectivity index (χ4n) is 2.96. The van der Waals surface area contributed by atoms with Gasteiger partial charge in [-0.05, 0) is 31.4 Å². The Morgan fingerprint density at radius 2 is 2.07 bits per heavy atom. The third-order valence-corrected chi connectivity index (χ3v) is 5.43. The Bertz CT molecular complexity index is 953. The van der Waals surface area contributed by atoms with E-state index in [9.17, 15) is 19.2 Å². The van der Waals surface area contributed by atoms with Crippen LogP contribution in [0.3, 0.4) is 0 Å². The summed E-state index contributed by atoms with van der Waals surface area (Å²) in [7, 11) is 1.35. The second-order valence-electron chi connectivity index (χ2n) is 6.40. The van der Waals surface area contributed by atoms with E-state index in [1.54, 1.807) is 0 Å². The minimum absolute atomic E-state index is 0.181. The summed E-state index contributed by atoms with van der Waals surface area (Å²) < 4.78 is 0. The number of ketones is 2. The van der Waals surface area contributed by atoms with Crippen LogP contribution in [0, 0.1) is 5.92 Å². The number of thiazole rings is 1. The monoisotopic (exact) mass is 402 g/mol. The van der Waals surface area contributed by atoms with E-state index in [1.165, 1.54) is 32.3 Å². The van der Waals surface area contributed by atoms with E-state index in [1.807, 2.05) is 0 Å². The fraction of sp³-hybridized carbons (Fsp3) is 0.333. The number of carbonyl (C=O) groups is 4. The molecule has 10 heteroatoms. The molecule has 0 aliphatic heterocycles. The molecule has 1 unspecified atom stereocenters. The minimum Gasteiger partial charge on any atom is -0.465 e. The third-order valence-electron chi connectivity index (χ3n) is 4.41. The van der Waals surface area contributed by atoms with Crippen LogP contribution in [0.15, 0.2) is 18.3 Å². The molecule has 2 heterocycles. The van der Waals surface area contributed by atoms with Gasteiger partial charge in [-0.1, -0.05) is 11.3 Å². The molecule has 2 N–H and O–H groups in total. The van der Waals surface area contributed by atoms with Gasteiger partial charge < -0.3 is 10.4 Å². The van der Waals surface area contributed by atoms with Crippen molar-refractivity contribution in [3.05, 3.63) is 34.5 Å². The molecule has 0 spiro atoms. The Morgan fingerprint density at radius 3 is 2.68 bits per heavy atom. The minimum atomic E-state index is -1.17. The first-order chi connectivity index (χ1) is 13.3.